The number of halogens is 3. The van der Waals surface area contributed by atoms with Gasteiger partial charge in [-0.15, -0.1) is 0 Å². The number of nitrogen functional groups attached to an aromatic ring is 1. The maximum Gasteiger partial charge on any atom is 0.425 e. The lowest BCUT2D eigenvalue weighted by atomic mass is 10.1. The predicted molar refractivity (Wildman–Crippen MR) is 130 cm³/mol. The van der Waals surface area contributed by atoms with Crippen LogP contribution in [0.25, 0.3) is 22.2 Å². The Morgan fingerprint density at radius 3 is 2.44 bits per heavy atom. The van der Waals surface area contributed by atoms with Gasteiger partial charge in [-0.1, -0.05) is 12.1 Å². The zero-order chi connectivity index (χ0) is 25.4. The number of fused-ring (bicyclic) bond motifs is 1. The van der Waals surface area contributed by atoms with Crippen molar-refractivity contribution in [2.45, 2.75) is 57.0 Å². The lowest BCUT2D eigenvalue weighted by molar-refractivity contribution is -0.196. The zero-order valence-electron chi connectivity index (χ0n) is 19.8. The van der Waals surface area contributed by atoms with E-state index in [-0.39, 0.29) is 6.10 Å². The van der Waals surface area contributed by atoms with Gasteiger partial charge in [0.25, 0.3) is 0 Å². The Hall–Kier alpha value is -3.40. The van der Waals surface area contributed by atoms with Crippen LogP contribution in [0.1, 0.15) is 38.6 Å². The minimum absolute atomic E-state index is 0.128. The van der Waals surface area contributed by atoms with E-state index >= 15 is 0 Å². The van der Waals surface area contributed by atoms with Crippen LogP contribution >= 0.6 is 0 Å². The summed E-state index contributed by atoms with van der Waals surface area (Å²) in [6.45, 7) is 2.18. The lowest BCUT2D eigenvalue weighted by Crippen LogP contribution is -2.32. The summed E-state index contributed by atoms with van der Waals surface area (Å²) < 4.78 is 56.2. The number of carbonyl (C=O) groups is 1. The van der Waals surface area contributed by atoms with Gasteiger partial charge in [0.2, 0.25) is 0 Å². The number of benzene rings is 2. The molecule has 0 spiro atoms. The highest BCUT2D eigenvalue weighted by molar-refractivity contribution is 6.02. The average molecular weight is 504 g/mol. The van der Waals surface area contributed by atoms with Gasteiger partial charge in [-0.2, -0.15) is 13.2 Å². The molecule has 1 amide bonds. The minimum atomic E-state index is -4.62. The molecule has 2 fully saturated rings. The molecule has 10 heteroatoms. The molecule has 3 N–H and O–H groups in total. The molecule has 2 heterocycles. The number of nitrogens with two attached hydrogens (primary N) is 1. The normalized spacial score (nSPS) is 17.7. The first-order chi connectivity index (χ1) is 17.2. The van der Waals surface area contributed by atoms with Gasteiger partial charge in [0.15, 0.2) is 6.10 Å². The van der Waals surface area contributed by atoms with Crippen molar-refractivity contribution in [1.82, 2.24) is 4.57 Å². The predicted octanol–water partition coefficient (Wildman–Crippen LogP) is 6.28. The van der Waals surface area contributed by atoms with Gasteiger partial charge in [-0.3, -0.25) is 5.32 Å². The van der Waals surface area contributed by atoms with E-state index in [9.17, 15) is 18.0 Å². The van der Waals surface area contributed by atoms with Crippen molar-refractivity contribution in [3.63, 3.8) is 0 Å². The van der Waals surface area contributed by atoms with Gasteiger partial charge in [0.1, 0.15) is 11.9 Å². The largest absolute Gasteiger partial charge is 0.490 e. The van der Waals surface area contributed by atoms with Crippen molar-refractivity contribution >= 4 is 28.4 Å². The number of ether oxygens (including phenoxy) is 3. The summed E-state index contributed by atoms with van der Waals surface area (Å²) >= 11 is 0. The number of hydrogen-bond donors (Lipinski definition) is 2. The average Bonchev–Trinajstić information content (AvgIpc) is 3.64. The molecule has 7 nitrogen and oxygen atoms in total. The highest BCUT2D eigenvalue weighted by Gasteiger charge is 2.39. The fourth-order valence-electron chi connectivity index (χ4n) is 4.47. The highest BCUT2D eigenvalue weighted by Crippen LogP contribution is 2.47. The summed E-state index contributed by atoms with van der Waals surface area (Å²) in [4.78, 5) is 11.8. The second-order valence-corrected chi connectivity index (χ2v) is 9.26. The van der Waals surface area contributed by atoms with Gasteiger partial charge >= 0.3 is 12.3 Å². The molecule has 5 rings (SSSR count). The van der Waals surface area contributed by atoms with Gasteiger partial charge in [0.05, 0.1) is 30.1 Å². The summed E-state index contributed by atoms with van der Waals surface area (Å²) in [6, 6.07) is 13.1. The molecule has 1 saturated heterocycles. The molecule has 1 atom stereocenters. The molecule has 2 aliphatic rings. The van der Waals surface area contributed by atoms with Crippen LogP contribution in [-0.4, -0.2) is 42.3 Å². The smallest absolute Gasteiger partial charge is 0.425 e. The second-order valence-electron chi connectivity index (χ2n) is 9.26. The van der Waals surface area contributed by atoms with E-state index in [1.165, 1.54) is 0 Å². The fourth-order valence-corrected chi connectivity index (χ4v) is 4.47. The number of rotatable bonds is 6. The van der Waals surface area contributed by atoms with E-state index in [2.05, 4.69) is 14.6 Å². The third-order valence-corrected chi connectivity index (χ3v) is 6.55. The standard InChI is InChI=1S/C26H28F3N3O4/c1-15(26(27,28)29)35-25(33)31-17-4-2-16(3-5-17)24-23(30)21-9-8-20(36-19-10-12-34-13-11-19)14-22(21)32(24)18-6-7-18/h2-5,8-9,14-15,18-19H,6-7,10-13,30H2,1H3,(H,31,33). The number of amides is 1. The maximum atomic E-state index is 12.6. The molecule has 1 aromatic heterocycles. The van der Waals surface area contributed by atoms with Crippen molar-refractivity contribution in [3.05, 3.63) is 42.5 Å². The summed E-state index contributed by atoms with van der Waals surface area (Å²) in [5, 5.41) is 3.27. The first-order valence-electron chi connectivity index (χ1n) is 12.0. The third kappa shape index (κ3) is 5.09. The quantitative estimate of drug-likeness (QED) is 0.413. The molecule has 0 bridgehead atoms. The minimum Gasteiger partial charge on any atom is -0.490 e. The Labute approximate surface area is 206 Å². The van der Waals surface area contributed by atoms with Gasteiger partial charge < -0.3 is 24.5 Å². The molecule has 2 aromatic carbocycles. The number of aromatic nitrogens is 1. The molecule has 0 radical (unpaired) electrons. The Balaban J connectivity index is 1.39. The van der Waals surface area contributed by atoms with Crippen molar-refractivity contribution < 1.29 is 32.2 Å². The molecule has 1 saturated carbocycles. The van der Waals surface area contributed by atoms with Crippen LogP contribution in [0, 0.1) is 0 Å². The Bertz CT molecular complexity index is 1250. The number of alkyl halides is 3. The van der Waals surface area contributed by atoms with Crippen molar-refractivity contribution in [3.8, 4) is 17.0 Å². The van der Waals surface area contributed by atoms with E-state index in [0.29, 0.717) is 30.6 Å². The topological polar surface area (TPSA) is 87.7 Å². The van der Waals surface area contributed by atoms with Gasteiger partial charge in [0, 0.05) is 41.6 Å². The van der Waals surface area contributed by atoms with E-state index in [1.54, 1.807) is 24.3 Å². The molecule has 3 aromatic rings. The SMILES string of the molecule is CC(OC(=O)Nc1ccc(-c2c(N)c3ccc(OC4CCOCC4)cc3n2C2CC2)cc1)C(F)(F)F. The van der Waals surface area contributed by atoms with Crippen LogP contribution in [-0.2, 0) is 9.47 Å². The van der Waals surface area contributed by atoms with Crippen LogP contribution in [0.2, 0.25) is 0 Å². The number of nitrogens with zero attached hydrogens (tertiary/aromatic N) is 1. The van der Waals surface area contributed by atoms with Gasteiger partial charge in [-0.25, -0.2) is 4.79 Å². The summed E-state index contributed by atoms with van der Waals surface area (Å²) in [5.41, 5.74) is 10.3. The highest BCUT2D eigenvalue weighted by atomic mass is 19.4. The van der Waals surface area contributed by atoms with Crippen LogP contribution in [0.3, 0.4) is 0 Å². The number of hydrogen-bond acceptors (Lipinski definition) is 5. The first kappa shape index (κ1) is 24.3. The van der Waals surface area contributed by atoms with Gasteiger partial charge in [-0.05, 0) is 44.0 Å². The molecule has 192 valence electrons. The summed E-state index contributed by atoms with van der Waals surface area (Å²) in [5.74, 6) is 0.798. The fraction of sp³-hybridized carbons (Fsp3) is 0.423. The number of anilines is 2. The lowest BCUT2D eigenvalue weighted by Gasteiger charge is -2.23. The molecular weight excluding hydrogens is 475 g/mol. The van der Waals surface area contributed by atoms with Crippen molar-refractivity contribution in [1.29, 1.82) is 0 Å². The molecular formula is C26H28F3N3O4. The molecule has 1 aliphatic heterocycles. The third-order valence-electron chi connectivity index (χ3n) is 6.55. The first-order valence-corrected chi connectivity index (χ1v) is 12.0. The maximum absolute atomic E-state index is 12.6. The Morgan fingerprint density at radius 1 is 1.11 bits per heavy atom. The van der Waals surface area contributed by atoms with Crippen LogP contribution in [0.15, 0.2) is 42.5 Å². The second kappa shape index (κ2) is 9.57. The summed E-state index contributed by atoms with van der Waals surface area (Å²) in [6.07, 6.45) is -4.06. The number of nitrogens with one attached hydrogen (secondary N) is 1. The summed E-state index contributed by atoms with van der Waals surface area (Å²) in [7, 11) is 0. The van der Waals surface area contributed by atoms with Crippen LogP contribution in [0.5, 0.6) is 5.75 Å². The van der Waals surface area contributed by atoms with Crippen molar-refractivity contribution in [2.24, 2.45) is 0 Å². The zero-order valence-corrected chi connectivity index (χ0v) is 19.8. The number of carbonyl (C=O) groups excluding carboxylic acids is 1. The molecule has 1 unspecified atom stereocenters. The van der Waals surface area contributed by atoms with Crippen LogP contribution < -0.4 is 15.8 Å². The van der Waals surface area contributed by atoms with Crippen molar-refractivity contribution in [2.75, 3.05) is 24.3 Å². The Morgan fingerprint density at radius 2 is 1.81 bits per heavy atom. The van der Waals surface area contributed by atoms with E-state index in [4.69, 9.17) is 15.2 Å². The Kier molecular flexibility index (Phi) is 6.46. The van der Waals surface area contributed by atoms with E-state index in [0.717, 1.165) is 60.5 Å². The van der Waals surface area contributed by atoms with E-state index < -0.39 is 18.4 Å². The van der Waals surface area contributed by atoms with E-state index in [1.807, 2.05) is 18.2 Å². The molecule has 36 heavy (non-hydrogen) atoms. The molecule has 1 aliphatic carbocycles. The monoisotopic (exact) mass is 503 g/mol. The van der Waals surface area contributed by atoms with Crippen LogP contribution in [0.4, 0.5) is 29.3 Å².